The van der Waals surface area contributed by atoms with E-state index in [-0.39, 0.29) is 33.9 Å². The molecule has 3 fully saturated rings. The quantitative estimate of drug-likeness (QED) is 0.153. The molecule has 0 saturated carbocycles. The second-order valence-corrected chi connectivity index (χ2v) is 13.3. The standard InChI is InChI=1S/C37H41F2N7/c1-4-25-28(38)10-9-23-18-22(2)19-26(30(23)25)31-33(39)35-32(27(20-42-3)34(31)41)36(45-15-5-8-24(40)21-45)44-29(43-35)11-14-37-12-6-16-46(37)17-7-13-37/h1,9-10,18-20,24H,5-8,11-17,21,40-41H2,2-3H3. The number of rotatable bonds is 6. The maximum atomic E-state index is 17.4. The van der Waals surface area contributed by atoms with Gasteiger partial charge in [0.05, 0.1) is 16.6 Å². The normalized spacial score (nSPS) is 19.8. The summed E-state index contributed by atoms with van der Waals surface area (Å²) in [6.07, 6.45) is 15.6. The Balaban J connectivity index is 1.50. The number of nitrogens with zero attached hydrogens (tertiary/aromatic N) is 5. The summed E-state index contributed by atoms with van der Waals surface area (Å²) in [6.45, 7) is 5.53. The highest BCUT2D eigenvalue weighted by Gasteiger charge is 2.43. The zero-order valence-corrected chi connectivity index (χ0v) is 26.7. The Bertz CT molecular complexity index is 1920. The molecule has 0 bridgehead atoms. The molecule has 3 aromatic carbocycles. The van der Waals surface area contributed by atoms with Crippen molar-refractivity contribution >= 4 is 39.4 Å². The minimum atomic E-state index is -0.576. The van der Waals surface area contributed by atoms with Gasteiger partial charge >= 0.3 is 0 Å². The SMILES string of the molecule is C#Cc1c(F)ccc2cc(C)cc(-c3c(N)c(C=NC)c4c(N5CCCC(N)C5)nc(CCC56CCCN5CCC6)nc4c3F)c12. The summed E-state index contributed by atoms with van der Waals surface area (Å²) in [5.41, 5.74) is 15.9. The van der Waals surface area contributed by atoms with Gasteiger partial charge in [0.25, 0.3) is 0 Å². The van der Waals surface area contributed by atoms with Gasteiger partial charge in [-0.15, -0.1) is 6.42 Å². The van der Waals surface area contributed by atoms with Crippen LogP contribution in [0.2, 0.25) is 0 Å². The second kappa shape index (κ2) is 11.9. The number of hydrogen-bond donors (Lipinski definition) is 2. The number of nitrogens with two attached hydrogens (primary N) is 2. The van der Waals surface area contributed by atoms with Gasteiger partial charge in [0, 0.05) is 60.9 Å². The molecule has 0 amide bonds. The summed E-state index contributed by atoms with van der Waals surface area (Å²) in [5, 5.41) is 1.66. The highest BCUT2D eigenvalue weighted by Crippen LogP contribution is 2.45. The molecule has 4 N–H and O–H groups in total. The minimum absolute atomic E-state index is 0.0212. The van der Waals surface area contributed by atoms with Crippen LogP contribution in [0.1, 0.15) is 67.5 Å². The van der Waals surface area contributed by atoms with Crippen molar-refractivity contribution in [2.24, 2.45) is 10.7 Å². The molecule has 7 nitrogen and oxygen atoms in total. The maximum absolute atomic E-state index is 17.4. The lowest BCUT2D eigenvalue weighted by atomic mass is 9.88. The van der Waals surface area contributed by atoms with Crippen LogP contribution in [0.25, 0.3) is 32.8 Å². The van der Waals surface area contributed by atoms with E-state index in [4.69, 9.17) is 27.9 Å². The van der Waals surface area contributed by atoms with Gasteiger partial charge in [0.2, 0.25) is 0 Å². The van der Waals surface area contributed by atoms with Gasteiger partial charge in [-0.25, -0.2) is 18.7 Å². The van der Waals surface area contributed by atoms with Crippen LogP contribution in [0.15, 0.2) is 29.3 Å². The smallest absolute Gasteiger partial charge is 0.159 e. The molecule has 238 valence electrons. The van der Waals surface area contributed by atoms with Crippen LogP contribution in [0, 0.1) is 30.9 Å². The highest BCUT2D eigenvalue weighted by atomic mass is 19.1. The van der Waals surface area contributed by atoms with E-state index in [0.29, 0.717) is 51.9 Å². The Hall–Kier alpha value is -4.13. The van der Waals surface area contributed by atoms with Crippen molar-refractivity contribution in [3.8, 4) is 23.5 Å². The predicted octanol–water partition coefficient (Wildman–Crippen LogP) is 6.14. The van der Waals surface area contributed by atoms with E-state index < -0.39 is 11.6 Å². The van der Waals surface area contributed by atoms with E-state index in [1.165, 1.54) is 31.7 Å². The Morgan fingerprint density at radius 3 is 2.61 bits per heavy atom. The topological polar surface area (TPSA) is 96.7 Å². The molecule has 4 aromatic rings. The van der Waals surface area contributed by atoms with Gasteiger partial charge in [-0.3, -0.25) is 9.89 Å². The van der Waals surface area contributed by atoms with E-state index >= 15 is 8.78 Å². The molecule has 1 atom stereocenters. The summed E-state index contributed by atoms with van der Waals surface area (Å²) in [5.74, 6) is 2.62. The van der Waals surface area contributed by atoms with E-state index in [9.17, 15) is 0 Å². The van der Waals surface area contributed by atoms with E-state index in [1.54, 1.807) is 19.3 Å². The van der Waals surface area contributed by atoms with E-state index in [2.05, 4.69) is 20.7 Å². The summed E-state index contributed by atoms with van der Waals surface area (Å²) in [6, 6.07) is 6.72. The van der Waals surface area contributed by atoms with Gasteiger partial charge in [-0.2, -0.15) is 0 Å². The molecule has 0 aliphatic carbocycles. The number of terminal acetylenes is 1. The number of aromatic nitrogens is 2. The number of aliphatic imine (C=N–C) groups is 1. The number of anilines is 2. The first-order valence-corrected chi connectivity index (χ1v) is 16.4. The number of benzene rings is 3. The molecular weight excluding hydrogens is 580 g/mol. The summed E-state index contributed by atoms with van der Waals surface area (Å²) >= 11 is 0. The second-order valence-electron chi connectivity index (χ2n) is 13.3. The fourth-order valence-electron chi connectivity index (χ4n) is 8.38. The van der Waals surface area contributed by atoms with Gasteiger partial charge in [-0.05, 0) is 87.5 Å². The number of fused-ring (bicyclic) bond motifs is 3. The van der Waals surface area contributed by atoms with Gasteiger partial charge in [0.15, 0.2) is 5.82 Å². The first-order chi connectivity index (χ1) is 22.2. The third-order valence-electron chi connectivity index (χ3n) is 10.5. The molecule has 9 heteroatoms. The van der Waals surface area contributed by atoms with E-state index in [0.717, 1.165) is 44.5 Å². The summed E-state index contributed by atoms with van der Waals surface area (Å²) in [4.78, 5) is 19.2. The Labute approximate surface area is 269 Å². The van der Waals surface area contributed by atoms with Crippen molar-refractivity contribution in [3.05, 3.63) is 58.4 Å². The molecule has 3 saturated heterocycles. The Morgan fingerprint density at radius 2 is 1.89 bits per heavy atom. The van der Waals surface area contributed by atoms with Crippen molar-refractivity contribution in [2.75, 3.05) is 43.9 Å². The minimum Gasteiger partial charge on any atom is -0.398 e. The molecule has 0 spiro atoms. The van der Waals surface area contributed by atoms with Gasteiger partial charge in [0.1, 0.15) is 23.0 Å². The van der Waals surface area contributed by atoms with Crippen LogP contribution in [0.5, 0.6) is 0 Å². The first-order valence-electron chi connectivity index (χ1n) is 16.4. The molecule has 46 heavy (non-hydrogen) atoms. The molecule has 0 radical (unpaired) electrons. The number of piperidine rings is 1. The monoisotopic (exact) mass is 621 g/mol. The van der Waals surface area contributed by atoms with Crippen molar-refractivity contribution in [3.63, 3.8) is 0 Å². The van der Waals surface area contributed by atoms with Crippen molar-refractivity contribution in [1.29, 1.82) is 0 Å². The number of nitrogen functional groups attached to an aromatic ring is 1. The predicted molar refractivity (Wildman–Crippen MR) is 184 cm³/mol. The third-order valence-corrected chi connectivity index (χ3v) is 10.5. The Kier molecular flexibility index (Phi) is 7.90. The maximum Gasteiger partial charge on any atom is 0.159 e. The fraction of sp³-hybridized carbons (Fsp3) is 0.432. The van der Waals surface area contributed by atoms with Crippen LogP contribution in [0.4, 0.5) is 20.3 Å². The fourth-order valence-corrected chi connectivity index (χ4v) is 8.38. The summed E-state index contributed by atoms with van der Waals surface area (Å²) in [7, 11) is 1.65. The average Bonchev–Trinajstić information content (AvgIpc) is 3.63. The van der Waals surface area contributed by atoms with Crippen LogP contribution >= 0.6 is 0 Å². The highest BCUT2D eigenvalue weighted by molar-refractivity contribution is 6.14. The van der Waals surface area contributed by atoms with Crippen molar-refractivity contribution in [1.82, 2.24) is 14.9 Å². The van der Waals surface area contributed by atoms with Gasteiger partial charge < -0.3 is 16.4 Å². The Morgan fingerprint density at radius 1 is 1.11 bits per heavy atom. The van der Waals surface area contributed by atoms with Crippen molar-refractivity contribution in [2.45, 2.75) is 69.9 Å². The molecular formula is C37H41F2N7. The van der Waals surface area contributed by atoms with Crippen molar-refractivity contribution < 1.29 is 8.78 Å². The molecule has 1 unspecified atom stereocenters. The molecule has 4 heterocycles. The number of halogens is 2. The van der Waals surface area contributed by atoms with E-state index in [1.807, 2.05) is 19.1 Å². The van der Waals surface area contributed by atoms with Crippen LogP contribution in [-0.4, -0.2) is 65.9 Å². The lowest BCUT2D eigenvalue weighted by molar-refractivity contribution is 0.182. The molecule has 7 rings (SSSR count). The number of aryl methyl sites for hydroxylation is 2. The summed E-state index contributed by atoms with van der Waals surface area (Å²) < 4.78 is 32.5. The molecule has 3 aliphatic rings. The third kappa shape index (κ3) is 4.99. The van der Waals surface area contributed by atoms with Gasteiger partial charge in [-0.1, -0.05) is 24.1 Å². The largest absolute Gasteiger partial charge is 0.398 e. The average molecular weight is 622 g/mol. The molecule has 1 aromatic heterocycles. The molecule has 3 aliphatic heterocycles. The zero-order chi connectivity index (χ0) is 32.2. The lowest BCUT2D eigenvalue weighted by Gasteiger charge is -2.34. The first kappa shape index (κ1) is 30.5. The number of hydrogen-bond acceptors (Lipinski definition) is 7. The lowest BCUT2D eigenvalue weighted by Crippen LogP contribution is -2.43. The zero-order valence-electron chi connectivity index (χ0n) is 26.7. The van der Waals surface area contributed by atoms with Crippen LogP contribution in [0.3, 0.4) is 0 Å². The van der Waals surface area contributed by atoms with Crippen LogP contribution < -0.4 is 16.4 Å². The van der Waals surface area contributed by atoms with Crippen LogP contribution in [-0.2, 0) is 6.42 Å².